The van der Waals surface area contributed by atoms with Gasteiger partial charge in [-0.25, -0.2) is 4.99 Å². The molecular formula is C17H22F6N4O. The van der Waals surface area contributed by atoms with Crippen LogP contribution in [0, 0.1) is 0 Å². The number of halogens is 6. The first-order valence-corrected chi connectivity index (χ1v) is 8.41. The monoisotopic (exact) mass is 412 g/mol. The maximum absolute atomic E-state index is 12.5. The number of guanidine groups is 1. The van der Waals surface area contributed by atoms with Crippen LogP contribution in [0.3, 0.4) is 0 Å². The van der Waals surface area contributed by atoms with Crippen molar-refractivity contribution in [3.05, 3.63) is 35.4 Å². The van der Waals surface area contributed by atoms with Crippen molar-refractivity contribution >= 4 is 11.9 Å². The molecule has 0 fully saturated rings. The Labute approximate surface area is 158 Å². The zero-order chi connectivity index (χ0) is 21.4. The van der Waals surface area contributed by atoms with E-state index in [4.69, 9.17) is 0 Å². The van der Waals surface area contributed by atoms with E-state index in [9.17, 15) is 31.1 Å². The van der Waals surface area contributed by atoms with E-state index in [-0.39, 0.29) is 5.96 Å². The third-order valence-corrected chi connectivity index (χ3v) is 3.55. The van der Waals surface area contributed by atoms with Gasteiger partial charge in [0.05, 0.1) is 5.56 Å². The molecule has 0 radical (unpaired) electrons. The van der Waals surface area contributed by atoms with Gasteiger partial charge < -0.3 is 15.5 Å². The zero-order valence-electron chi connectivity index (χ0n) is 15.4. The van der Waals surface area contributed by atoms with Gasteiger partial charge in [0.2, 0.25) is 5.91 Å². The van der Waals surface area contributed by atoms with Crippen molar-refractivity contribution in [1.29, 1.82) is 0 Å². The molecule has 0 saturated carbocycles. The standard InChI is InChI=1S/C17H22F6N4O/c1-3-24-15(26-10-14(28)27(2)11-16(18,19)20)25-9-8-12-4-6-13(7-5-12)17(21,22)23/h4-7H,3,8-11H2,1-2H3,(H2,24,25,26). The normalized spacial score (nSPS) is 12.6. The largest absolute Gasteiger partial charge is 0.416 e. The van der Waals surface area contributed by atoms with Crippen molar-refractivity contribution in [3.63, 3.8) is 0 Å². The van der Waals surface area contributed by atoms with E-state index in [1.165, 1.54) is 12.1 Å². The van der Waals surface area contributed by atoms with Crippen molar-refractivity contribution < 1.29 is 31.1 Å². The highest BCUT2D eigenvalue weighted by Crippen LogP contribution is 2.29. The first kappa shape index (κ1) is 23.6. The smallest absolute Gasteiger partial charge is 0.357 e. The maximum Gasteiger partial charge on any atom is 0.416 e. The Bertz CT molecular complexity index is 655. The quantitative estimate of drug-likeness (QED) is 0.412. The van der Waals surface area contributed by atoms with Gasteiger partial charge in [-0.1, -0.05) is 12.1 Å². The second-order valence-corrected chi connectivity index (χ2v) is 5.93. The molecule has 1 aromatic rings. The first-order valence-electron chi connectivity index (χ1n) is 8.41. The van der Waals surface area contributed by atoms with Crippen molar-refractivity contribution in [1.82, 2.24) is 15.5 Å². The van der Waals surface area contributed by atoms with E-state index in [2.05, 4.69) is 15.6 Å². The van der Waals surface area contributed by atoms with Gasteiger partial charge in [-0.3, -0.25) is 4.79 Å². The second-order valence-electron chi connectivity index (χ2n) is 5.93. The minimum atomic E-state index is -4.49. The number of nitrogens with zero attached hydrogens (tertiary/aromatic N) is 2. The van der Waals surface area contributed by atoms with Crippen LogP contribution in [0.1, 0.15) is 18.1 Å². The summed E-state index contributed by atoms with van der Waals surface area (Å²) in [5.74, 6) is -0.569. The highest BCUT2D eigenvalue weighted by Gasteiger charge is 2.31. The van der Waals surface area contributed by atoms with E-state index in [0.29, 0.717) is 30.0 Å². The molecule has 1 rings (SSSR count). The minimum absolute atomic E-state index is 0.225. The minimum Gasteiger partial charge on any atom is -0.357 e. The Morgan fingerprint density at radius 3 is 2.18 bits per heavy atom. The molecule has 28 heavy (non-hydrogen) atoms. The summed E-state index contributed by atoms with van der Waals surface area (Å²) in [6.45, 7) is 0.703. The Balaban J connectivity index is 2.55. The van der Waals surface area contributed by atoms with E-state index >= 15 is 0 Å². The molecule has 0 heterocycles. The Kier molecular flexibility index (Phi) is 8.58. The van der Waals surface area contributed by atoms with Gasteiger partial charge in [0.15, 0.2) is 5.96 Å². The van der Waals surface area contributed by atoms with Crippen LogP contribution in [0.5, 0.6) is 0 Å². The Hall–Kier alpha value is -2.46. The maximum atomic E-state index is 12.5. The van der Waals surface area contributed by atoms with Crippen LogP contribution < -0.4 is 10.6 Å². The molecule has 0 aliphatic rings. The molecule has 1 aromatic carbocycles. The number of rotatable bonds is 7. The molecule has 0 aliphatic heterocycles. The predicted octanol–water partition coefficient (Wildman–Crippen LogP) is 2.82. The van der Waals surface area contributed by atoms with E-state index in [1.807, 2.05) is 0 Å². The number of nitrogens with one attached hydrogen (secondary N) is 2. The summed E-state index contributed by atoms with van der Waals surface area (Å²) in [7, 11) is 1.04. The molecule has 2 N–H and O–H groups in total. The summed E-state index contributed by atoms with van der Waals surface area (Å²) in [6.07, 6.45) is -8.49. The van der Waals surface area contributed by atoms with Gasteiger partial charge >= 0.3 is 12.4 Å². The Morgan fingerprint density at radius 2 is 1.68 bits per heavy atom. The van der Waals surface area contributed by atoms with Crippen LogP contribution in [0.4, 0.5) is 26.3 Å². The highest BCUT2D eigenvalue weighted by atomic mass is 19.4. The van der Waals surface area contributed by atoms with E-state index in [1.54, 1.807) is 6.92 Å². The fourth-order valence-corrected chi connectivity index (χ4v) is 2.15. The number of amides is 1. The lowest BCUT2D eigenvalue weighted by atomic mass is 10.1. The summed E-state index contributed by atoms with van der Waals surface area (Å²) in [5, 5.41) is 5.72. The molecule has 158 valence electrons. The molecule has 0 aliphatic carbocycles. The summed E-state index contributed by atoms with van der Waals surface area (Å²) >= 11 is 0. The van der Waals surface area contributed by atoms with Crippen molar-refractivity contribution in [2.24, 2.45) is 4.99 Å². The summed E-state index contributed by atoms with van der Waals surface area (Å²) in [5.41, 5.74) is -0.0714. The number of carbonyl (C=O) groups excluding carboxylic acids is 1. The number of hydrogen-bond acceptors (Lipinski definition) is 2. The van der Waals surface area contributed by atoms with Crippen LogP contribution in [-0.2, 0) is 17.4 Å². The summed E-state index contributed by atoms with van der Waals surface area (Å²) < 4.78 is 74.5. The lowest BCUT2D eigenvalue weighted by Crippen LogP contribution is -2.40. The number of likely N-dealkylation sites (N-methyl/N-ethyl adjacent to an activating group) is 1. The molecule has 0 aromatic heterocycles. The van der Waals surface area contributed by atoms with Crippen molar-refractivity contribution in [2.45, 2.75) is 25.7 Å². The number of alkyl halides is 6. The van der Waals surface area contributed by atoms with Crippen LogP contribution in [0.15, 0.2) is 29.3 Å². The SMILES string of the molecule is CCNC(=NCC(=O)N(C)CC(F)(F)F)NCCc1ccc(C(F)(F)F)cc1. The second kappa shape index (κ2) is 10.2. The summed E-state index contributed by atoms with van der Waals surface area (Å²) in [4.78, 5) is 16.2. The molecule has 11 heteroatoms. The molecule has 0 saturated heterocycles. The lowest BCUT2D eigenvalue weighted by Gasteiger charge is -2.18. The molecular weight excluding hydrogens is 390 g/mol. The van der Waals surface area contributed by atoms with Gasteiger partial charge in [-0.15, -0.1) is 0 Å². The number of aliphatic imine (C=N–C) groups is 1. The zero-order valence-corrected chi connectivity index (χ0v) is 15.4. The molecule has 0 spiro atoms. The third-order valence-electron chi connectivity index (χ3n) is 3.55. The van der Waals surface area contributed by atoms with Gasteiger partial charge in [-0.2, -0.15) is 26.3 Å². The highest BCUT2D eigenvalue weighted by molar-refractivity contribution is 5.84. The van der Waals surface area contributed by atoms with Gasteiger partial charge in [0, 0.05) is 20.1 Å². The number of benzene rings is 1. The molecule has 0 bridgehead atoms. The van der Waals surface area contributed by atoms with E-state index in [0.717, 1.165) is 19.2 Å². The van der Waals surface area contributed by atoms with Crippen LogP contribution in [0.2, 0.25) is 0 Å². The lowest BCUT2D eigenvalue weighted by molar-refractivity contribution is -0.157. The van der Waals surface area contributed by atoms with E-state index < -0.39 is 36.9 Å². The first-order chi connectivity index (χ1) is 12.9. The van der Waals surface area contributed by atoms with Crippen LogP contribution in [-0.4, -0.2) is 56.2 Å². The van der Waals surface area contributed by atoms with Gasteiger partial charge in [0.1, 0.15) is 13.1 Å². The van der Waals surface area contributed by atoms with Crippen molar-refractivity contribution in [3.8, 4) is 0 Å². The molecule has 5 nitrogen and oxygen atoms in total. The topological polar surface area (TPSA) is 56.7 Å². The third kappa shape index (κ3) is 8.96. The fraction of sp³-hybridized carbons (Fsp3) is 0.529. The molecule has 1 amide bonds. The summed E-state index contributed by atoms with van der Waals surface area (Å²) in [6, 6.07) is 4.71. The Morgan fingerprint density at radius 1 is 1.07 bits per heavy atom. The fourth-order valence-electron chi connectivity index (χ4n) is 2.15. The number of carbonyl (C=O) groups is 1. The molecule has 0 unspecified atom stereocenters. The molecule has 0 atom stereocenters. The van der Waals surface area contributed by atoms with Gasteiger partial charge in [-0.05, 0) is 31.0 Å². The van der Waals surface area contributed by atoms with Gasteiger partial charge in [0.25, 0.3) is 0 Å². The van der Waals surface area contributed by atoms with Crippen molar-refractivity contribution in [2.75, 3.05) is 33.2 Å². The van der Waals surface area contributed by atoms with Crippen LogP contribution >= 0.6 is 0 Å². The predicted molar refractivity (Wildman–Crippen MR) is 92.8 cm³/mol. The van der Waals surface area contributed by atoms with Crippen LogP contribution in [0.25, 0.3) is 0 Å². The average Bonchev–Trinajstić information content (AvgIpc) is 2.57. The number of hydrogen-bond donors (Lipinski definition) is 2. The average molecular weight is 412 g/mol.